The van der Waals surface area contributed by atoms with E-state index in [0.29, 0.717) is 16.4 Å². The minimum Gasteiger partial charge on any atom is -0.321 e. The van der Waals surface area contributed by atoms with Crippen LogP contribution in [0.2, 0.25) is 0 Å². The van der Waals surface area contributed by atoms with E-state index in [1.807, 2.05) is 32.0 Å². The van der Waals surface area contributed by atoms with Gasteiger partial charge in [0.1, 0.15) is 11.5 Å². The summed E-state index contributed by atoms with van der Waals surface area (Å²) in [7, 11) is 0. The van der Waals surface area contributed by atoms with Crippen molar-refractivity contribution in [3.8, 4) is 0 Å². The predicted octanol–water partition coefficient (Wildman–Crippen LogP) is 7.27. The molecule has 0 saturated heterocycles. The standard InChI is InChI=1S/C33H27FN4O3S2/c1-20-12-17-27-29(18-20)43-33(37-27)38-30(39)21(2)42-25-15-13-24(14-16-25)35-32(41)28(19-23-10-6-7-11-26(23)34)36-31(40)22-8-4-3-5-9-22/h3-19,21H,1-2H3,(H,35,41)(H,36,40)(H,37,38,39)/b28-19-. The molecule has 3 N–H and O–H groups in total. The number of aromatic nitrogens is 1. The van der Waals surface area contributed by atoms with Gasteiger partial charge in [-0.1, -0.05) is 53.8 Å². The number of rotatable bonds is 9. The third kappa shape index (κ3) is 7.73. The van der Waals surface area contributed by atoms with E-state index >= 15 is 0 Å². The van der Waals surface area contributed by atoms with Crippen molar-refractivity contribution in [2.75, 3.05) is 10.6 Å². The molecule has 0 aliphatic rings. The van der Waals surface area contributed by atoms with Gasteiger partial charge in [0.15, 0.2) is 5.13 Å². The quantitative estimate of drug-likeness (QED) is 0.120. The highest BCUT2D eigenvalue weighted by molar-refractivity contribution is 8.00. The van der Waals surface area contributed by atoms with Gasteiger partial charge in [-0.3, -0.25) is 14.4 Å². The molecule has 0 aliphatic carbocycles. The molecule has 1 aromatic heterocycles. The topological polar surface area (TPSA) is 100 Å². The molecule has 0 aliphatic heterocycles. The second kappa shape index (κ2) is 13.5. The molecule has 43 heavy (non-hydrogen) atoms. The first-order valence-corrected chi connectivity index (χ1v) is 15.0. The Morgan fingerprint density at radius 3 is 2.37 bits per heavy atom. The van der Waals surface area contributed by atoms with Crippen LogP contribution in [0.3, 0.4) is 0 Å². The molecule has 10 heteroatoms. The second-order valence-corrected chi connectivity index (χ2v) is 12.1. The van der Waals surface area contributed by atoms with E-state index in [2.05, 4.69) is 20.9 Å². The molecule has 0 saturated carbocycles. The van der Waals surface area contributed by atoms with Gasteiger partial charge in [0.2, 0.25) is 5.91 Å². The Bertz CT molecular complexity index is 1820. The van der Waals surface area contributed by atoms with Crippen LogP contribution < -0.4 is 16.0 Å². The van der Waals surface area contributed by atoms with Gasteiger partial charge in [-0.05, 0) is 80.1 Å². The molecule has 0 bridgehead atoms. The van der Waals surface area contributed by atoms with Gasteiger partial charge in [-0.15, -0.1) is 11.8 Å². The van der Waals surface area contributed by atoms with Crippen LogP contribution in [0.25, 0.3) is 16.3 Å². The number of anilines is 2. The Morgan fingerprint density at radius 2 is 1.63 bits per heavy atom. The molecule has 5 aromatic rings. The van der Waals surface area contributed by atoms with E-state index < -0.39 is 22.9 Å². The SMILES string of the molecule is Cc1ccc2nc(NC(=O)C(C)Sc3ccc(NC(=O)/C(=C/c4ccccc4F)NC(=O)c4ccccc4)cc3)sc2c1. The fourth-order valence-corrected chi connectivity index (χ4v) is 5.89. The first-order valence-electron chi connectivity index (χ1n) is 13.3. The highest BCUT2D eigenvalue weighted by Crippen LogP contribution is 2.29. The van der Waals surface area contributed by atoms with Gasteiger partial charge in [0, 0.05) is 21.7 Å². The number of thioether (sulfide) groups is 1. The summed E-state index contributed by atoms with van der Waals surface area (Å²) in [6.07, 6.45) is 1.29. The Labute approximate surface area is 256 Å². The highest BCUT2D eigenvalue weighted by atomic mass is 32.2. The first-order chi connectivity index (χ1) is 20.7. The van der Waals surface area contributed by atoms with E-state index in [0.717, 1.165) is 20.7 Å². The summed E-state index contributed by atoms with van der Waals surface area (Å²) in [5.41, 5.74) is 2.83. The molecule has 3 amide bonds. The van der Waals surface area contributed by atoms with Gasteiger partial charge in [0.25, 0.3) is 11.8 Å². The average Bonchev–Trinajstić information content (AvgIpc) is 3.40. The number of nitrogens with one attached hydrogen (secondary N) is 3. The summed E-state index contributed by atoms with van der Waals surface area (Å²) in [6, 6.07) is 27.3. The summed E-state index contributed by atoms with van der Waals surface area (Å²) in [5, 5.41) is 8.39. The number of benzene rings is 4. The smallest absolute Gasteiger partial charge is 0.272 e. The van der Waals surface area contributed by atoms with Crippen molar-refractivity contribution < 1.29 is 18.8 Å². The maximum Gasteiger partial charge on any atom is 0.272 e. The van der Waals surface area contributed by atoms with Gasteiger partial charge < -0.3 is 16.0 Å². The average molecular weight is 611 g/mol. The molecule has 0 radical (unpaired) electrons. The number of hydrogen-bond acceptors (Lipinski definition) is 6. The third-order valence-corrected chi connectivity index (χ3v) is 8.35. The van der Waals surface area contributed by atoms with Crippen LogP contribution in [0.5, 0.6) is 0 Å². The zero-order valence-corrected chi connectivity index (χ0v) is 24.9. The summed E-state index contributed by atoms with van der Waals surface area (Å²) in [6.45, 7) is 3.82. The number of carbonyl (C=O) groups is 3. The lowest BCUT2D eigenvalue weighted by Gasteiger charge is -2.13. The first kappa shape index (κ1) is 29.7. The summed E-state index contributed by atoms with van der Waals surface area (Å²) in [5.74, 6) is -1.82. The largest absolute Gasteiger partial charge is 0.321 e. The summed E-state index contributed by atoms with van der Waals surface area (Å²) < 4.78 is 15.4. The zero-order valence-electron chi connectivity index (χ0n) is 23.3. The lowest BCUT2D eigenvalue weighted by molar-refractivity contribution is -0.115. The van der Waals surface area contributed by atoms with E-state index in [-0.39, 0.29) is 17.2 Å². The maximum atomic E-state index is 14.4. The zero-order chi connectivity index (χ0) is 30.3. The predicted molar refractivity (Wildman–Crippen MR) is 172 cm³/mol. The van der Waals surface area contributed by atoms with Gasteiger partial charge >= 0.3 is 0 Å². The number of amides is 3. The van der Waals surface area contributed by atoms with Crippen molar-refractivity contribution >= 4 is 67.9 Å². The number of carbonyl (C=O) groups excluding carboxylic acids is 3. The van der Waals surface area contributed by atoms with E-state index in [4.69, 9.17) is 0 Å². The van der Waals surface area contributed by atoms with E-state index in [9.17, 15) is 18.8 Å². The molecule has 1 atom stereocenters. The lowest BCUT2D eigenvalue weighted by atomic mass is 10.1. The van der Waals surface area contributed by atoms with Gasteiger partial charge in [-0.25, -0.2) is 9.37 Å². The lowest BCUT2D eigenvalue weighted by Crippen LogP contribution is -2.30. The minimum atomic E-state index is -0.619. The Morgan fingerprint density at radius 1 is 0.907 bits per heavy atom. The molecule has 4 aromatic carbocycles. The molecule has 1 unspecified atom stereocenters. The van der Waals surface area contributed by atoms with Gasteiger partial charge in [-0.2, -0.15) is 0 Å². The number of hydrogen-bond donors (Lipinski definition) is 3. The van der Waals surface area contributed by atoms with Crippen LogP contribution in [0.15, 0.2) is 108 Å². The number of fused-ring (bicyclic) bond motifs is 1. The van der Waals surface area contributed by atoms with Crippen molar-refractivity contribution in [3.05, 3.63) is 125 Å². The van der Waals surface area contributed by atoms with Crippen LogP contribution in [0.1, 0.15) is 28.4 Å². The van der Waals surface area contributed by atoms with Crippen LogP contribution in [-0.4, -0.2) is 28.0 Å². The Balaban J connectivity index is 1.24. The Hall–Kier alpha value is -4.80. The fraction of sp³-hybridized carbons (Fsp3) is 0.0909. The van der Waals surface area contributed by atoms with Crippen molar-refractivity contribution in [1.29, 1.82) is 0 Å². The molecular formula is C33H27FN4O3S2. The molecule has 5 rings (SSSR count). The van der Waals surface area contributed by atoms with E-state index in [1.54, 1.807) is 66.7 Å². The van der Waals surface area contributed by atoms with Gasteiger partial charge in [0.05, 0.1) is 15.5 Å². The molecular weight excluding hydrogens is 584 g/mol. The van der Waals surface area contributed by atoms with Crippen molar-refractivity contribution in [1.82, 2.24) is 10.3 Å². The second-order valence-electron chi connectivity index (χ2n) is 9.62. The number of aryl methyl sites for hydroxylation is 1. The minimum absolute atomic E-state index is 0.118. The van der Waals surface area contributed by atoms with Crippen molar-refractivity contribution in [3.63, 3.8) is 0 Å². The third-order valence-electron chi connectivity index (χ3n) is 6.30. The van der Waals surface area contributed by atoms with Crippen molar-refractivity contribution in [2.24, 2.45) is 0 Å². The maximum absolute atomic E-state index is 14.4. The summed E-state index contributed by atoms with van der Waals surface area (Å²) >= 11 is 2.80. The molecule has 0 fully saturated rings. The van der Waals surface area contributed by atoms with Crippen molar-refractivity contribution in [2.45, 2.75) is 24.0 Å². The number of nitrogens with zero attached hydrogens (tertiary/aromatic N) is 1. The highest BCUT2D eigenvalue weighted by Gasteiger charge is 2.18. The van der Waals surface area contributed by atoms with Crippen LogP contribution in [-0.2, 0) is 9.59 Å². The molecule has 0 spiro atoms. The fourth-order valence-electron chi connectivity index (χ4n) is 4.06. The number of halogens is 1. The summed E-state index contributed by atoms with van der Waals surface area (Å²) in [4.78, 5) is 44.2. The normalized spacial score (nSPS) is 12.0. The molecule has 7 nitrogen and oxygen atoms in total. The Kier molecular flexibility index (Phi) is 9.29. The van der Waals surface area contributed by atoms with Crippen LogP contribution in [0, 0.1) is 12.7 Å². The number of thiazole rings is 1. The molecule has 216 valence electrons. The van der Waals surface area contributed by atoms with Crippen LogP contribution >= 0.6 is 23.1 Å². The monoisotopic (exact) mass is 610 g/mol. The van der Waals surface area contributed by atoms with E-state index in [1.165, 1.54) is 41.3 Å². The van der Waals surface area contributed by atoms with Crippen LogP contribution in [0.4, 0.5) is 15.2 Å². The molecule has 1 heterocycles.